The molecule has 9 heteroatoms. The number of pyridine rings is 1. The van der Waals surface area contributed by atoms with Gasteiger partial charge in [-0.15, -0.1) is 0 Å². The first-order valence-corrected chi connectivity index (χ1v) is 9.84. The van der Waals surface area contributed by atoms with Gasteiger partial charge in [-0.2, -0.15) is 0 Å². The summed E-state index contributed by atoms with van der Waals surface area (Å²) in [5, 5.41) is 0.305. The largest absolute Gasteiger partial charge is 0.378 e. The van der Waals surface area contributed by atoms with Gasteiger partial charge in [-0.05, 0) is 31.2 Å². The molecular weight excluding hydrogens is 404 g/mol. The van der Waals surface area contributed by atoms with Gasteiger partial charge < -0.3 is 15.4 Å². The van der Waals surface area contributed by atoms with Crippen LogP contribution in [0.5, 0.6) is 0 Å². The van der Waals surface area contributed by atoms with Gasteiger partial charge in [-0.1, -0.05) is 0 Å². The minimum atomic E-state index is -0.745. The summed E-state index contributed by atoms with van der Waals surface area (Å²) in [4.78, 5) is 23.0. The Bertz CT molecular complexity index is 1350. The van der Waals surface area contributed by atoms with E-state index in [2.05, 4.69) is 14.9 Å². The number of halogens is 2. The molecule has 31 heavy (non-hydrogen) atoms. The van der Waals surface area contributed by atoms with Crippen molar-refractivity contribution in [2.24, 2.45) is 5.73 Å². The third-order valence-electron chi connectivity index (χ3n) is 5.54. The quantitative estimate of drug-likeness (QED) is 0.547. The molecule has 1 fully saturated rings. The maximum Gasteiger partial charge on any atom is 0.251 e. The molecule has 0 bridgehead atoms. The fourth-order valence-electron chi connectivity index (χ4n) is 4.13. The molecule has 0 spiro atoms. The van der Waals surface area contributed by atoms with E-state index in [0.717, 1.165) is 11.8 Å². The van der Waals surface area contributed by atoms with E-state index in [1.54, 1.807) is 23.6 Å². The SMILES string of the molecule is Cc1nc2c(C(N)=O)cc(N3CCOCC3)cc2n1-c1ccnc2c(F)cc(F)cc12. The van der Waals surface area contributed by atoms with Crippen LogP contribution >= 0.6 is 0 Å². The maximum atomic E-state index is 14.4. The number of primary amides is 1. The lowest BCUT2D eigenvalue weighted by Gasteiger charge is -2.29. The Morgan fingerprint density at radius 2 is 1.90 bits per heavy atom. The van der Waals surface area contributed by atoms with Gasteiger partial charge in [0.2, 0.25) is 0 Å². The van der Waals surface area contributed by atoms with Crippen LogP contribution in [0.4, 0.5) is 14.5 Å². The van der Waals surface area contributed by atoms with Crippen LogP contribution in [0.3, 0.4) is 0 Å². The second-order valence-electron chi connectivity index (χ2n) is 7.43. The molecule has 0 radical (unpaired) electrons. The molecule has 1 saturated heterocycles. The summed E-state index contributed by atoms with van der Waals surface area (Å²) < 4.78 is 35.6. The van der Waals surface area contributed by atoms with Gasteiger partial charge in [0.1, 0.15) is 22.7 Å². The molecule has 0 atom stereocenters. The number of benzene rings is 2. The number of rotatable bonds is 3. The lowest BCUT2D eigenvalue weighted by atomic mass is 10.1. The Kier molecular flexibility index (Phi) is 4.55. The second-order valence-corrected chi connectivity index (χ2v) is 7.43. The van der Waals surface area contributed by atoms with Crippen LogP contribution in [0, 0.1) is 18.6 Å². The third-order valence-corrected chi connectivity index (χ3v) is 5.54. The van der Waals surface area contributed by atoms with Crippen molar-refractivity contribution in [1.82, 2.24) is 14.5 Å². The van der Waals surface area contributed by atoms with Gasteiger partial charge in [-0.3, -0.25) is 14.3 Å². The summed E-state index contributed by atoms with van der Waals surface area (Å²) in [6.07, 6.45) is 1.46. The highest BCUT2D eigenvalue weighted by Gasteiger charge is 2.22. The van der Waals surface area contributed by atoms with Crippen molar-refractivity contribution in [2.75, 3.05) is 31.2 Å². The van der Waals surface area contributed by atoms with E-state index < -0.39 is 17.5 Å². The fourth-order valence-corrected chi connectivity index (χ4v) is 4.13. The maximum absolute atomic E-state index is 14.4. The highest BCUT2D eigenvalue weighted by Crippen LogP contribution is 2.32. The first kappa shape index (κ1) is 19.4. The highest BCUT2D eigenvalue weighted by atomic mass is 19.1. The van der Waals surface area contributed by atoms with Crippen LogP contribution in [0.1, 0.15) is 16.2 Å². The summed E-state index contributed by atoms with van der Waals surface area (Å²) in [7, 11) is 0. The lowest BCUT2D eigenvalue weighted by molar-refractivity contribution is 0.100. The summed E-state index contributed by atoms with van der Waals surface area (Å²) >= 11 is 0. The normalized spacial score (nSPS) is 14.5. The van der Waals surface area contributed by atoms with Crippen LogP contribution in [0.2, 0.25) is 0 Å². The molecular formula is C22H19F2N5O2. The minimum absolute atomic E-state index is 0.0552. The average molecular weight is 423 g/mol. The van der Waals surface area contributed by atoms with Crippen molar-refractivity contribution in [3.05, 3.63) is 59.6 Å². The molecule has 4 aromatic rings. The number of carbonyl (C=O) groups is 1. The van der Waals surface area contributed by atoms with E-state index in [0.29, 0.717) is 54.2 Å². The Hall–Kier alpha value is -3.59. The number of carbonyl (C=O) groups excluding carboxylic acids is 1. The first-order chi connectivity index (χ1) is 14.9. The molecule has 158 valence electrons. The molecule has 2 aromatic carbocycles. The number of morpholine rings is 1. The minimum Gasteiger partial charge on any atom is -0.378 e. The Morgan fingerprint density at radius 3 is 2.65 bits per heavy atom. The van der Waals surface area contributed by atoms with E-state index in [1.165, 1.54) is 12.3 Å². The number of hydrogen-bond donors (Lipinski definition) is 1. The molecule has 0 aliphatic carbocycles. The number of nitrogens with two attached hydrogens (primary N) is 1. The van der Waals surface area contributed by atoms with Crippen LogP contribution < -0.4 is 10.6 Å². The molecule has 1 aliphatic rings. The van der Waals surface area contributed by atoms with Gasteiger partial charge in [0.15, 0.2) is 5.82 Å². The predicted molar refractivity (Wildman–Crippen MR) is 113 cm³/mol. The van der Waals surface area contributed by atoms with E-state index in [1.807, 2.05) is 6.07 Å². The van der Waals surface area contributed by atoms with Gasteiger partial charge in [0.05, 0.1) is 30.0 Å². The molecule has 0 unspecified atom stereocenters. The van der Waals surface area contributed by atoms with Crippen LogP contribution in [-0.2, 0) is 4.74 Å². The monoisotopic (exact) mass is 423 g/mol. The molecule has 1 amide bonds. The Morgan fingerprint density at radius 1 is 1.13 bits per heavy atom. The van der Waals surface area contributed by atoms with Gasteiger partial charge in [0.25, 0.3) is 5.91 Å². The van der Waals surface area contributed by atoms with E-state index in [-0.39, 0.29) is 11.1 Å². The standard InChI is InChI=1S/C22H19F2N5O2/c1-12-27-21-16(22(25)30)10-14(28-4-6-31-7-5-28)11-19(21)29(12)18-2-3-26-20-15(18)8-13(23)9-17(20)24/h2-3,8-11H,4-7H2,1H3,(H2,25,30). The van der Waals surface area contributed by atoms with Gasteiger partial charge in [0, 0.05) is 36.4 Å². The predicted octanol–water partition coefficient (Wildman–Crippen LogP) is 3.10. The summed E-state index contributed by atoms with van der Waals surface area (Å²) in [6.45, 7) is 4.27. The summed E-state index contributed by atoms with van der Waals surface area (Å²) in [6, 6.07) is 7.36. The number of ether oxygens (including phenoxy) is 1. The highest BCUT2D eigenvalue weighted by molar-refractivity contribution is 6.06. The number of hydrogen-bond acceptors (Lipinski definition) is 5. The Balaban J connectivity index is 1.82. The number of anilines is 1. The zero-order valence-corrected chi connectivity index (χ0v) is 16.7. The van der Waals surface area contributed by atoms with Crippen LogP contribution in [0.25, 0.3) is 27.6 Å². The van der Waals surface area contributed by atoms with Gasteiger partial charge >= 0.3 is 0 Å². The van der Waals surface area contributed by atoms with Crippen LogP contribution in [0.15, 0.2) is 36.5 Å². The fraction of sp³-hybridized carbons (Fsp3) is 0.227. The molecule has 5 rings (SSSR count). The molecule has 1 aliphatic heterocycles. The number of aryl methyl sites for hydroxylation is 1. The zero-order chi connectivity index (χ0) is 21.7. The van der Waals surface area contributed by atoms with E-state index >= 15 is 0 Å². The van der Waals surface area contributed by atoms with E-state index in [9.17, 15) is 13.6 Å². The van der Waals surface area contributed by atoms with Crippen molar-refractivity contribution >= 4 is 33.5 Å². The lowest BCUT2D eigenvalue weighted by Crippen LogP contribution is -2.36. The number of amides is 1. The smallest absolute Gasteiger partial charge is 0.251 e. The molecule has 0 saturated carbocycles. The van der Waals surface area contributed by atoms with E-state index in [4.69, 9.17) is 10.5 Å². The van der Waals surface area contributed by atoms with Crippen molar-refractivity contribution in [2.45, 2.75) is 6.92 Å². The Labute approximate surface area is 176 Å². The molecule has 7 nitrogen and oxygen atoms in total. The van der Waals surface area contributed by atoms with Gasteiger partial charge in [-0.25, -0.2) is 13.8 Å². The van der Waals surface area contributed by atoms with Crippen molar-refractivity contribution in [3.63, 3.8) is 0 Å². The van der Waals surface area contributed by atoms with Crippen molar-refractivity contribution in [1.29, 1.82) is 0 Å². The molecule has 2 aromatic heterocycles. The number of fused-ring (bicyclic) bond motifs is 2. The van der Waals surface area contributed by atoms with Crippen LogP contribution in [-0.4, -0.2) is 46.7 Å². The number of nitrogens with zero attached hydrogens (tertiary/aromatic N) is 4. The van der Waals surface area contributed by atoms with Crippen molar-refractivity contribution in [3.8, 4) is 5.69 Å². The average Bonchev–Trinajstić information content (AvgIpc) is 3.08. The third kappa shape index (κ3) is 3.17. The molecule has 2 N–H and O–H groups in total. The topological polar surface area (TPSA) is 86.3 Å². The number of aromatic nitrogens is 3. The van der Waals surface area contributed by atoms with Crippen molar-refractivity contribution < 1.29 is 18.3 Å². The summed E-state index contributed by atoms with van der Waals surface area (Å²) in [5.74, 6) is -1.49. The first-order valence-electron chi connectivity index (χ1n) is 9.84. The molecule has 3 heterocycles. The second kappa shape index (κ2) is 7.28. The number of imidazole rings is 1. The zero-order valence-electron chi connectivity index (χ0n) is 16.7. The summed E-state index contributed by atoms with van der Waals surface area (Å²) in [5.41, 5.74) is 8.38.